The van der Waals surface area contributed by atoms with Crippen molar-refractivity contribution in [2.24, 2.45) is 5.92 Å². The molecule has 0 unspecified atom stereocenters. The van der Waals surface area contributed by atoms with Gasteiger partial charge in [-0.2, -0.15) is 0 Å². The maximum Gasteiger partial charge on any atom is 0.253 e. The van der Waals surface area contributed by atoms with E-state index in [2.05, 4.69) is 5.32 Å². The Morgan fingerprint density at radius 3 is 2.47 bits per heavy atom. The van der Waals surface area contributed by atoms with Gasteiger partial charge in [0.15, 0.2) is 0 Å². The lowest BCUT2D eigenvalue weighted by molar-refractivity contribution is -0.125. The van der Waals surface area contributed by atoms with E-state index >= 15 is 0 Å². The number of ether oxygens (including phenoxy) is 3. The van der Waals surface area contributed by atoms with E-state index in [-0.39, 0.29) is 17.7 Å². The van der Waals surface area contributed by atoms with E-state index in [1.54, 1.807) is 50.5 Å². The second kappa shape index (κ2) is 11.2. The lowest BCUT2D eigenvalue weighted by atomic mass is 9.87. The second-order valence-electron chi connectivity index (χ2n) is 7.68. The maximum atomic E-state index is 13.2. The monoisotopic (exact) mass is 460 g/mol. The normalized spacial score (nSPS) is 17.8. The zero-order valence-electron chi connectivity index (χ0n) is 18.6. The molecule has 2 aromatic rings. The van der Waals surface area contributed by atoms with Gasteiger partial charge in [0.05, 0.1) is 20.1 Å². The van der Waals surface area contributed by atoms with Crippen LogP contribution >= 0.6 is 11.6 Å². The fourth-order valence-electron chi connectivity index (χ4n) is 4.01. The molecule has 1 N–H and O–H groups in total. The van der Waals surface area contributed by atoms with Crippen molar-refractivity contribution in [1.29, 1.82) is 0 Å². The maximum absolute atomic E-state index is 13.2. The summed E-state index contributed by atoms with van der Waals surface area (Å²) in [4.78, 5) is 28.0. The zero-order chi connectivity index (χ0) is 23.1. The molecule has 32 heavy (non-hydrogen) atoms. The van der Waals surface area contributed by atoms with Gasteiger partial charge < -0.3 is 24.4 Å². The molecule has 8 heteroatoms. The van der Waals surface area contributed by atoms with Crippen LogP contribution in [0.2, 0.25) is 5.02 Å². The molecular weight excluding hydrogens is 432 g/mol. The average molecular weight is 461 g/mol. The van der Waals surface area contributed by atoms with Gasteiger partial charge in [0, 0.05) is 55.4 Å². The fourth-order valence-corrected chi connectivity index (χ4v) is 4.14. The zero-order valence-corrected chi connectivity index (χ0v) is 19.4. The molecule has 1 fully saturated rings. The molecule has 0 radical (unpaired) electrons. The van der Waals surface area contributed by atoms with Crippen LogP contribution in [0, 0.1) is 5.92 Å². The van der Waals surface area contributed by atoms with Gasteiger partial charge in [-0.25, -0.2) is 0 Å². The van der Waals surface area contributed by atoms with Crippen molar-refractivity contribution in [2.75, 3.05) is 47.6 Å². The first-order valence-corrected chi connectivity index (χ1v) is 10.9. The Hall–Kier alpha value is -2.77. The number of hydrogen-bond acceptors (Lipinski definition) is 5. The van der Waals surface area contributed by atoms with Gasteiger partial charge in [-0.15, -0.1) is 0 Å². The lowest BCUT2D eigenvalue weighted by Gasteiger charge is -2.21. The van der Waals surface area contributed by atoms with Crippen molar-refractivity contribution >= 4 is 23.4 Å². The third-order valence-corrected chi connectivity index (χ3v) is 5.95. The summed E-state index contributed by atoms with van der Waals surface area (Å²) in [6.07, 6.45) is 0.718. The molecule has 0 aliphatic carbocycles. The summed E-state index contributed by atoms with van der Waals surface area (Å²) in [6.45, 7) is 1.78. The van der Waals surface area contributed by atoms with Gasteiger partial charge in [-0.05, 0) is 48.9 Å². The molecule has 1 saturated heterocycles. The molecule has 2 amide bonds. The van der Waals surface area contributed by atoms with Crippen molar-refractivity contribution < 1.29 is 23.8 Å². The van der Waals surface area contributed by atoms with Crippen LogP contribution in [0.5, 0.6) is 11.5 Å². The Morgan fingerprint density at radius 1 is 1.06 bits per heavy atom. The smallest absolute Gasteiger partial charge is 0.253 e. The van der Waals surface area contributed by atoms with Crippen molar-refractivity contribution in [1.82, 2.24) is 10.2 Å². The molecule has 2 aromatic carbocycles. The molecule has 3 rings (SSSR count). The summed E-state index contributed by atoms with van der Waals surface area (Å²) in [5.74, 6) is 0.440. The highest BCUT2D eigenvalue weighted by molar-refractivity contribution is 6.30. The van der Waals surface area contributed by atoms with Crippen LogP contribution in [0.15, 0.2) is 42.5 Å². The summed E-state index contributed by atoms with van der Waals surface area (Å²) in [5.41, 5.74) is 1.38. The fraction of sp³-hybridized carbons (Fsp3) is 0.417. The van der Waals surface area contributed by atoms with E-state index in [9.17, 15) is 9.59 Å². The summed E-state index contributed by atoms with van der Waals surface area (Å²) in [5, 5.41) is 3.55. The molecule has 7 nitrogen and oxygen atoms in total. The first-order chi connectivity index (χ1) is 15.5. The number of amides is 2. The van der Waals surface area contributed by atoms with E-state index in [4.69, 9.17) is 25.8 Å². The number of hydrogen-bond donors (Lipinski definition) is 1. The SMILES string of the molecule is COCCCNC(=O)[C@@H]1CN(C(=O)c2ccc(Cl)cc2)C[C@@H]1c1cc(OC)ccc1OC. The first kappa shape index (κ1) is 23.9. The Morgan fingerprint density at radius 2 is 1.81 bits per heavy atom. The van der Waals surface area contributed by atoms with Crippen LogP contribution in [0.1, 0.15) is 28.3 Å². The summed E-state index contributed by atoms with van der Waals surface area (Å²) >= 11 is 5.96. The third-order valence-electron chi connectivity index (χ3n) is 5.70. The van der Waals surface area contributed by atoms with Crippen LogP contribution in [-0.4, -0.2) is 64.3 Å². The average Bonchev–Trinajstić information content (AvgIpc) is 3.26. The second-order valence-corrected chi connectivity index (χ2v) is 8.11. The summed E-state index contributed by atoms with van der Waals surface area (Å²) in [7, 11) is 4.82. The van der Waals surface area contributed by atoms with E-state index in [1.165, 1.54) is 0 Å². The van der Waals surface area contributed by atoms with Crippen molar-refractivity contribution in [2.45, 2.75) is 12.3 Å². The van der Waals surface area contributed by atoms with Gasteiger partial charge >= 0.3 is 0 Å². The summed E-state index contributed by atoms with van der Waals surface area (Å²) in [6, 6.07) is 12.3. The Bertz CT molecular complexity index is 934. The van der Waals surface area contributed by atoms with Crippen molar-refractivity contribution in [3.63, 3.8) is 0 Å². The molecule has 2 atom stereocenters. The summed E-state index contributed by atoms with van der Waals surface area (Å²) < 4.78 is 16.0. The Balaban J connectivity index is 1.88. The minimum atomic E-state index is -0.421. The van der Waals surface area contributed by atoms with Crippen LogP contribution in [-0.2, 0) is 9.53 Å². The molecule has 0 saturated carbocycles. The lowest BCUT2D eigenvalue weighted by Crippen LogP contribution is -2.36. The predicted molar refractivity (Wildman–Crippen MR) is 123 cm³/mol. The standard InChI is InChI=1S/C24H29ClN2O5/c1-30-12-4-11-26-23(28)21-15-27(24(29)16-5-7-17(25)8-6-16)14-20(21)19-13-18(31-2)9-10-22(19)32-3/h5-10,13,20-21H,4,11-12,14-15H2,1-3H3,(H,26,28)/t20-,21-/m1/s1. The molecule has 1 aliphatic rings. The molecule has 0 bridgehead atoms. The number of carbonyl (C=O) groups is 2. The van der Waals surface area contributed by atoms with Gasteiger partial charge in [0.1, 0.15) is 11.5 Å². The molecular formula is C24H29ClN2O5. The molecule has 0 aromatic heterocycles. The molecule has 1 aliphatic heterocycles. The number of rotatable bonds is 9. The minimum absolute atomic E-state index is 0.0950. The largest absolute Gasteiger partial charge is 0.497 e. The topological polar surface area (TPSA) is 77.1 Å². The van der Waals surface area contributed by atoms with Crippen molar-refractivity contribution in [3.05, 3.63) is 58.6 Å². The van der Waals surface area contributed by atoms with Crippen LogP contribution in [0.4, 0.5) is 0 Å². The Kier molecular flexibility index (Phi) is 8.36. The van der Waals surface area contributed by atoms with E-state index in [0.29, 0.717) is 48.3 Å². The highest BCUT2D eigenvalue weighted by atomic mass is 35.5. The van der Waals surface area contributed by atoms with E-state index in [0.717, 1.165) is 12.0 Å². The first-order valence-electron chi connectivity index (χ1n) is 10.5. The number of methoxy groups -OCH3 is 3. The predicted octanol–water partition coefficient (Wildman–Crippen LogP) is 3.37. The highest BCUT2D eigenvalue weighted by Crippen LogP contribution is 2.40. The van der Waals surface area contributed by atoms with Crippen LogP contribution in [0.25, 0.3) is 0 Å². The van der Waals surface area contributed by atoms with Crippen LogP contribution < -0.4 is 14.8 Å². The van der Waals surface area contributed by atoms with Crippen molar-refractivity contribution in [3.8, 4) is 11.5 Å². The highest BCUT2D eigenvalue weighted by Gasteiger charge is 2.41. The molecule has 1 heterocycles. The van der Waals surface area contributed by atoms with E-state index in [1.807, 2.05) is 18.2 Å². The number of nitrogens with one attached hydrogen (secondary N) is 1. The number of carbonyl (C=O) groups excluding carboxylic acids is 2. The van der Waals surface area contributed by atoms with Gasteiger partial charge in [-0.3, -0.25) is 9.59 Å². The van der Waals surface area contributed by atoms with Gasteiger partial charge in [0.25, 0.3) is 5.91 Å². The Labute approximate surface area is 193 Å². The van der Waals surface area contributed by atoms with E-state index < -0.39 is 5.92 Å². The number of benzene rings is 2. The minimum Gasteiger partial charge on any atom is -0.497 e. The third kappa shape index (κ3) is 5.53. The quantitative estimate of drug-likeness (QED) is 0.580. The van der Waals surface area contributed by atoms with Gasteiger partial charge in [-0.1, -0.05) is 11.6 Å². The number of halogens is 1. The molecule has 172 valence electrons. The van der Waals surface area contributed by atoms with Gasteiger partial charge in [0.2, 0.25) is 5.91 Å². The van der Waals surface area contributed by atoms with Crippen LogP contribution in [0.3, 0.4) is 0 Å². The molecule has 0 spiro atoms. The number of nitrogens with zero attached hydrogens (tertiary/aromatic N) is 1. The number of likely N-dealkylation sites (tertiary alicyclic amines) is 1.